The van der Waals surface area contributed by atoms with Gasteiger partial charge in [0.05, 0.1) is 3.57 Å². The quantitative estimate of drug-likeness (QED) is 0.470. The Morgan fingerprint density at radius 2 is 1.85 bits per heavy atom. The lowest BCUT2D eigenvalue weighted by molar-refractivity contribution is -0.137. The maximum atomic E-state index is 11.8. The Kier molecular flexibility index (Phi) is 7.35. The van der Waals surface area contributed by atoms with E-state index in [1.54, 1.807) is 12.1 Å². The van der Waals surface area contributed by atoms with E-state index in [1.165, 1.54) is 6.07 Å². The first-order valence-corrected chi connectivity index (χ1v) is 7.57. The SMILES string of the molecule is O=C(O)CCCCCCNC(=O)c1ccc(I)c(O)c1. The predicted octanol–water partition coefficient (Wildman–Crippen LogP) is 2.76. The molecule has 3 N–H and O–H groups in total. The van der Waals surface area contributed by atoms with Crippen LogP contribution < -0.4 is 5.32 Å². The number of phenolic OH excluding ortho intramolecular Hbond substituents is 1. The van der Waals surface area contributed by atoms with Gasteiger partial charge in [0.15, 0.2) is 0 Å². The normalized spacial score (nSPS) is 10.2. The summed E-state index contributed by atoms with van der Waals surface area (Å²) in [5.41, 5.74) is 0.439. The number of carbonyl (C=O) groups excluding carboxylic acids is 1. The molecule has 5 nitrogen and oxygen atoms in total. The zero-order valence-electron chi connectivity index (χ0n) is 11.1. The number of phenols is 1. The highest BCUT2D eigenvalue weighted by atomic mass is 127. The number of carboxylic acid groups (broad SMARTS) is 1. The van der Waals surface area contributed by atoms with Crippen molar-refractivity contribution in [3.63, 3.8) is 0 Å². The molecule has 0 aliphatic rings. The smallest absolute Gasteiger partial charge is 0.303 e. The summed E-state index contributed by atoms with van der Waals surface area (Å²) in [7, 11) is 0. The molecule has 0 radical (unpaired) electrons. The molecule has 0 bridgehead atoms. The minimum absolute atomic E-state index is 0.104. The monoisotopic (exact) mass is 391 g/mol. The van der Waals surface area contributed by atoms with Gasteiger partial charge in [-0.1, -0.05) is 12.8 Å². The summed E-state index contributed by atoms with van der Waals surface area (Å²) in [6.07, 6.45) is 3.45. The van der Waals surface area contributed by atoms with Crippen molar-refractivity contribution in [3.8, 4) is 5.75 Å². The van der Waals surface area contributed by atoms with Crippen LogP contribution >= 0.6 is 22.6 Å². The van der Waals surface area contributed by atoms with Crippen LogP contribution in [-0.2, 0) is 4.79 Å². The fraction of sp³-hybridized carbons (Fsp3) is 0.429. The first-order valence-electron chi connectivity index (χ1n) is 6.49. The number of carbonyl (C=O) groups is 2. The molecule has 0 spiro atoms. The van der Waals surface area contributed by atoms with Gasteiger partial charge in [-0.3, -0.25) is 9.59 Å². The first kappa shape index (κ1) is 16.7. The number of hydrogen-bond acceptors (Lipinski definition) is 3. The topological polar surface area (TPSA) is 86.6 Å². The van der Waals surface area contributed by atoms with Crippen molar-refractivity contribution in [2.45, 2.75) is 32.1 Å². The third-order valence-electron chi connectivity index (χ3n) is 2.81. The maximum absolute atomic E-state index is 11.8. The third kappa shape index (κ3) is 6.23. The van der Waals surface area contributed by atoms with Gasteiger partial charge in [0.25, 0.3) is 5.91 Å². The van der Waals surface area contributed by atoms with Gasteiger partial charge in [0, 0.05) is 18.5 Å². The van der Waals surface area contributed by atoms with Crippen LogP contribution in [0.2, 0.25) is 0 Å². The van der Waals surface area contributed by atoms with Crippen LogP contribution in [0.1, 0.15) is 42.5 Å². The molecule has 20 heavy (non-hydrogen) atoms. The Balaban J connectivity index is 2.20. The average molecular weight is 391 g/mol. The van der Waals surface area contributed by atoms with Gasteiger partial charge in [-0.25, -0.2) is 0 Å². The summed E-state index contributed by atoms with van der Waals surface area (Å²) in [6.45, 7) is 0.554. The zero-order chi connectivity index (χ0) is 15.0. The molecule has 6 heteroatoms. The molecule has 0 fully saturated rings. The zero-order valence-corrected chi connectivity index (χ0v) is 13.2. The van der Waals surface area contributed by atoms with Crippen LogP contribution in [0.5, 0.6) is 5.75 Å². The van der Waals surface area contributed by atoms with E-state index in [2.05, 4.69) is 5.32 Å². The Labute approximate surface area is 131 Å². The van der Waals surface area contributed by atoms with Crippen molar-refractivity contribution in [2.75, 3.05) is 6.54 Å². The molecule has 1 aromatic carbocycles. The van der Waals surface area contributed by atoms with E-state index in [0.29, 0.717) is 22.1 Å². The summed E-state index contributed by atoms with van der Waals surface area (Å²) in [5, 5.41) is 20.8. The Hall–Kier alpha value is -1.31. The van der Waals surface area contributed by atoms with Gasteiger partial charge in [0.2, 0.25) is 0 Å². The minimum Gasteiger partial charge on any atom is -0.507 e. The van der Waals surface area contributed by atoms with E-state index in [4.69, 9.17) is 5.11 Å². The van der Waals surface area contributed by atoms with E-state index >= 15 is 0 Å². The Bertz CT molecular complexity index is 476. The van der Waals surface area contributed by atoms with E-state index < -0.39 is 5.97 Å². The van der Waals surface area contributed by atoms with Crippen molar-refractivity contribution < 1.29 is 19.8 Å². The van der Waals surface area contributed by atoms with E-state index in [-0.39, 0.29) is 18.1 Å². The number of hydrogen-bond donors (Lipinski definition) is 3. The molecular weight excluding hydrogens is 373 g/mol. The van der Waals surface area contributed by atoms with Crippen LogP contribution in [-0.4, -0.2) is 28.6 Å². The summed E-state index contributed by atoms with van der Waals surface area (Å²) < 4.78 is 0.706. The number of carboxylic acids is 1. The molecule has 0 aromatic heterocycles. The van der Waals surface area contributed by atoms with Gasteiger partial charge in [0.1, 0.15) is 5.75 Å². The molecule has 0 aliphatic carbocycles. The molecule has 110 valence electrons. The van der Waals surface area contributed by atoms with Crippen LogP contribution in [0.25, 0.3) is 0 Å². The van der Waals surface area contributed by atoms with E-state index in [0.717, 1.165) is 19.3 Å². The molecule has 0 aliphatic heterocycles. The maximum Gasteiger partial charge on any atom is 0.303 e. The molecule has 0 saturated heterocycles. The first-order chi connectivity index (χ1) is 9.50. The predicted molar refractivity (Wildman–Crippen MR) is 83.9 cm³/mol. The molecule has 1 rings (SSSR count). The van der Waals surface area contributed by atoms with Crippen LogP contribution in [0, 0.1) is 3.57 Å². The lowest BCUT2D eigenvalue weighted by Crippen LogP contribution is -2.24. The van der Waals surface area contributed by atoms with Crippen molar-refractivity contribution in [2.24, 2.45) is 0 Å². The van der Waals surface area contributed by atoms with Crippen molar-refractivity contribution in [1.82, 2.24) is 5.32 Å². The van der Waals surface area contributed by atoms with Gasteiger partial charge in [-0.05, 0) is 53.6 Å². The van der Waals surface area contributed by atoms with Crippen LogP contribution in [0.3, 0.4) is 0 Å². The van der Waals surface area contributed by atoms with E-state index in [1.807, 2.05) is 22.6 Å². The number of halogens is 1. The van der Waals surface area contributed by atoms with Gasteiger partial charge < -0.3 is 15.5 Å². The molecule has 1 amide bonds. The highest BCUT2D eigenvalue weighted by molar-refractivity contribution is 14.1. The number of aliphatic carboxylic acids is 1. The highest BCUT2D eigenvalue weighted by Gasteiger charge is 2.07. The average Bonchev–Trinajstić information content (AvgIpc) is 2.40. The number of amides is 1. The molecule has 0 saturated carbocycles. The molecule has 0 atom stereocenters. The largest absolute Gasteiger partial charge is 0.507 e. The molecular formula is C14H18INO4. The summed E-state index contributed by atoms with van der Waals surface area (Å²) in [5.74, 6) is -0.869. The lowest BCUT2D eigenvalue weighted by atomic mass is 10.1. The van der Waals surface area contributed by atoms with Gasteiger partial charge in [-0.2, -0.15) is 0 Å². The number of benzene rings is 1. The fourth-order valence-corrected chi connectivity index (χ4v) is 2.05. The number of rotatable bonds is 8. The van der Waals surface area contributed by atoms with Gasteiger partial charge in [-0.15, -0.1) is 0 Å². The minimum atomic E-state index is -0.767. The lowest BCUT2D eigenvalue weighted by Gasteiger charge is -2.06. The second kappa shape index (κ2) is 8.78. The third-order valence-corrected chi connectivity index (χ3v) is 3.72. The van der Waals surface area contributed by atoms with Crippen LogP contribution in [0.15, 0.2) is 18.2 Å². The summed E-state index contributed by atoms with van der Waals surface area (Å²) >= 11 is 1.99. The second-order valence-corrected chi connectivity index (χ2v) is 5.64. The number of unbranched alkanes of at least 4 members (excludes halogenated alkanes) is 3. The highest BCUT2D eigenvalue weighted by Crippen LogP contribution is 2.20. The van der Waals surface area contributed by atoms with E-state index in [9.17, 15) is 14.7 Å². The number of aromatic hydroxyl groups is 1. The molecule has 0 heterocycles. The summed E-state index contributed by atoms with van der Waals surface area (Å²) in [6, 6.07) is 4.81. The fourth-order valence-electron chi connectivity index (χ4n) is 1.71. The number of nitrogens with one attached hydrogen (secondary N) is 1. The van der Waals surface area contributed by atoms with Crippen molar-refractivity contribution in [1.29, 1.82) is 0 Å². The molecule has 0 unspecified atom stereocenters. The Morgan fingerprint density at radius 3 is 2.50 bits per heavy atom. The van der Waals surface area contributed by atoms with Gasteiger partial charge >= 0.3 is 5.97 Å². The summed E-state index contributed by atoms with van der Waals surface area (Å²) in [4.78, 5) is 22.1. The Morgan fingerprint density at radius 1 is 1.15 bits per heavy atom. The second-order valence-electron chi connectivity index (χ2n) is 4.48. The van der Waals surface area contributed by atoms with Crippen molar-refractivity contribution in [3.05, 3.63) is 27.3 Å². The van der Waals surface area contributed by atoms with Crippen molar-refractivity contribution >= 4 is 34.5 Å². The molecule has 1 aromatic rings. The van der Waals surface area contributed by atoms with Crippen LogP contribution in [0.4, 0.5) is 0 Å². The standard InChI is InChI=1S/C14H18INO4/c15-11-7-6-10(9-12(11)17)14(20)16-8-4-2-1-3-5-13(18)19/h6-7,9,17H,1-5,8H2,(H,16,20)(H,18,19).